The number of nitrogens with zero attached hydrogens (tertiary/aromatic N) is 4. The first-order valence-electron chi connectivity index (χ1n) is 16.2. The molecule has 1 aromatic rings. The number of pyridine rings is 1. The fourth-order valence-electron chi connectivity index (χ4n) is 5.37. The van der Waals surface area contributed by atoms with Gasteiger partial charge in [0.25, 0.3) is 0 Å². The Balaban J connectivity index is 0. The average molecular weight is 723 g/mol. The molecule has 0 N–H and O–H groups in total. The Labute approximate surface area is 279 Å². The summed E-state index contributed by atoms with van der Waals surface area (Å²) in [7, 11) is 7.05. The van der Waals surface area contributed by atoms with Crippen LogP contribution in [0.4, 0.5) is 4.79 Å². The molecule has 1 aromatic heterocycles. The number of ether oxygens (including phenoxy) is 1. The maximum Gasteiger partial charge on any atom is 0.414 e. The van der Waals surface area contributed by atoms with Crippen LogP contribution >= 0.6 is 0 Å². The molecule has 0 aromatic carbocycles. The van der Waals surface area contributed by atoms with Crippen LogP contribution in [-0.2, 0) is 0 Å². The molecule has 7 nitrogen and oxygen atoms in total. The van der Waals surface area contributed by atoms with Crippen LogP contribution < -0.4 is 38.7 Å². The van der Waals surface area contributed by atoms with E-state index >= 15 is 0 Å². The Kier molecular flexibility index (Phi) is 24.9. The number of unbranched alkanes of at least 4 members (excludes halogenated alkanes) is 10. The van der Waals surface area contributed by atoms with Crippen LogP contribution in [0.1, 0.15) is 121 Å². The van der Waals surface area contributed by atoms with E-state index in [4.69, 9.17) is 4.74 Å². The maximum absolute atomic E-state index is 13.3. The fourth-order valence-corrected chi connectivity index (χ4v) is 5.37. The summed E-state index contributed by atoms with van der Waals surface area (Å²) >= 11 is 0. The summed E-state index contributed by atoms with van der Waals surface area (Å²) in [6.07, 6.45) is 19.0. The molecule has 2 amide bonds. The number of aromatic nitrogens is 1. The van der Waals surface area contributed by atoms with Gasteiger partial charge in [-0.3, -0.25) is 4.48 Å². The van der Waals surface area contributed by atoms with E-state index in [1.807, 2.05) is 14.1 Å². The zero-order valence-corrected chi connectivity index (χ0v) is 31.1. The van der Waals surface area contributed by atoms with E-state index in [0.29, 0.717) is 0 Å². The molecule has 0 saturated heterocycles. The van der Waals surface area contributed by atoms with Crippen LogP contribution in [0.5, 0.6) is 5.75 Å². The van der Waals surface area contributed by atoms with Gasteiger partial charge in [0, 0.05) is 20.3 Å². The second-order valence-electron chi connectivity index (χ2n) is 12.5. The number of quaternary nitrogens is 2. The molecule has 0 fully saturated rings. The molecular formula is C33H62Br2N4O3. The topological polar surface area (TPSA) is 59.5 Å². The lowest BCUT2D eigenvalue weighted by Gasteiger charge is -2.39. The van der Waals surface area contributed by atoms with Crippen LogP contribution in [-0.4, -0.2) is 91.8 Å². The van der Waals surface area contributed by atoms with Crippen LogP contribution in [0.25, 0.3) is 0 Å². The summed E-state index contributed by atoms with van der Waals surface area (Å²) in [6.45, 7) is 13.2. The Morgan fingerprint density at radius 2 is 1.14 bits per heavy atom. The van der Waals surface area contributed by atoms with Crippen molar-refractivity contribution in [2.24, 2.45) is 0 Å². The predicted molar refractivity (Wildman–Crippen MR) is 167 cm³/mol. The van der Waals surface area contributed by atoms with Gasteiger partial charge < -0.3 is 48.1 Å². The van der Waals surface area contributed by atoms with Crippen LogP contribution in [0.15, 0.2) is 18.3 Å². The van der Waals surface area contributed by atoms with Crippen LogP contribution in [0.2, 0.25) is 0 Å². The lowest BCUT2D eigenvalue weighted by atomic mass is 10.1. The van der Waals surface area contributed by atoms with Crippen LogP contribution in [0, 0.1) is 0 Å². The van der Waals surface area contributed by atoms with Gasteiger partial charge in [0.2, 0.25) is 5.69 Å². The third-order valence-corrected chi connectivity index (χ3v) is 8.14. The summed E-state index contributed by atoms with van der Waals surface area (Å²) in [5.74, 6) is 0.0861. The third kappa shape index (κ3) is 16.7. The molecule has 1 heterocycles. The second kappa shape index (κ2) is 24.3. The van der Waals surface area contributed by atoms with Crippen molar-refractivity contribution in [1.29, 1.82) is 0 Å². The zero-order chi connectivity index (χ0) is 29.9. The molecule has 0 aliphatic heterocycles. The maximum atomic E-state index is 13.3. The summed E-state index contributed by atoms with van der Waals surface area (Å²) in [5, 5.41) is 0. The highest BCUT2D eigenvalue weighted by atomic mass is 79.9. The molecule has 0 radical (unpaired) electrons. The fraction of sp³-hybridized carbons (Fsp3) is 0.788. The molecule has 0 aliphatic carbocycles. The Morgan fingerprint density at radius 3 is 1.60 bits per heavy atom. The summed E-state index contributed by atoms with van der Waals surface area (Å²) in [4.78, 5) is 30.8. The molecule has 0 saturated carbocycles. The number of rotatable bonds is 22. The Bertz CT molecular complexity index is 831. The van der Waals surface area contributed by atoms with Crippen molar-refractivity contribution in [3.63, 3.8) is 0 Å². The molecule has 0 atom stereocenters. The van der Waals surface area contributed by atoms with E-state index in [-0.39, 0.29) is 55.8 Å². The third-order valence-electron chi connectivity index (χ3n) is 8.14. The highest BCUT2D eigenvalue weighted by molar-refractivity contribution is 5.90. The standard InChI is InChI=1S/C33H62N4O3.2BrH/c1-8-11-26-37(27-12-9-2,28-13-10-3)29-21-19-17-15-14-16-18-20-25-36(6,7)32(38)31-30(23-22-24-34-31)40-33(39)35(4)5;;/h22-24H,8-21,25-29H2,1-7H3;2*1H/q+2;;/p-2. The number of amides is 2. The van der Waals surface area contributed by atoms with Gasteiger partial charge in [0.05, 0.1) is 46.8 Å². The molecule has 1 rings (SSSR count). The van der Waals surface area contributed by atoms with Crippen molar-refractivity contribution >= 4 is 12.0 Å². The highest BCUT2D eigenvalue weighted by Gasteiger charge is 2.32. The first kappa shape index (κ1) is 43.1. The van der Waals surface area contributed by atoms with Gasteiger partial charge in [-0.2, -0.15) is 0 Å². The molecule has 246 valence electrons. The number of carbonyl (C=O) groups excluding carboxylic acids is 2. The molecular weight excluding hydrogens is 660 g/mol. The number of hydrogen-bond acceptors (Lipinski definition) is 4. The molecule has 0 aliphatic rings. The minimum absolute atomic E-state index is 0. The minimum atomic E-state index is -0.518. The van der Waals surface area contributed by atoms with E-state index in [2.05, 4.69) is 25.8 Å². The van der Waals surface area contributed by atoms with Gasteiger partial charge >= 0.3 is 12.0 Å². The van der Waals surface area contributed by atoms with Gasteiger partial charge in [0.15, 0.2) is 5.75 Å². The van der Waals surface area contributed by atoms with E-state index in [1.165, 1.54) is 113 Å². The quantitative estimate of drug-likeness (QED) is 0.135. The van der Waals surface area contributed by atoms with Gasteiger partial charge in [-0.05, 0) is 57.1 Å². The van der Waals surface area contributed by atoms with Gasteiger partial charge in [-0.1, -0.05) is 65.7 Å². The lowest BCUT2D eigenvalue weighted by molar-refractivity contribution is -0.929. The van der Waals surface area contributed by atoms with E-state index in [9.17, 15) is 9.59 Å². The van der Waals surface area contributed by atoms with E-state index < -0.39 is 6.09 Å². The van der Waals surface area contributed by atoms with Crippen molar-refractivity contribution in [2.45, 2.75) is 111 Å². The first-order valence-corrected chi connectivity index (χ1v) is 16.2. The van der Waals surface area contributed by atoms with E-state index in [1.54, 1.807) is 32.4 Å². The number of hydrogen-bond donors (Lipinski definition) is 0. The Morgan fingerprint density at radius 1 is 0.714 bits per heavy atom. The highest BCUT2D eigenvalue weighted by Crippen LogP contribution is 2.22. The summed E-state index contributed by atoms with van der Waals surface area (Å²) < 4.78 is 6.94. The smallest absolute Gasteiger partial charge is 0.414 e. The molecule has 42 heavy (non-hydrogen) atoms. The second-order valence-corrected chi connectivity index (χ2v) is 12.5. The van der Waals surface area contributed by atoms with Crippen LogP contribution in [0.3, 0.4) is 0 Å². The first-order chi connectivity index (χ1) is 19.1. The number of halogens is 2. The average Bonchev–Trinajstić information content (AvgIpc) is 2.94. The van der Waals surface area contributed by atoms with Gasteiger partial charge in [-0.15, -0.1) is 0 Å². The minimum Gasteiger partial charge on any atom is -1.00 e. The normalized spacial score (nSPS) is 11.4. The molecule has 0 bridgehead atoms. The number of carbonyl (C=O) groups is 2. The SMILES string of the molecule is CCCC[N+](CCCC)(CCCC)CCCCCCCCCC[N+](C)(C)C(=O)c1ncccc1OC(=O)N(C)C.[Br-].[Br-]. The van der Waals surface area contributed by atoms with Crippen molar-refractivity contribution < 1.29 is 57.3 Å². The largest absolute Gasteiger partial charge is 1.00 e. The van der Waals surface area contributed by atoms with Crippen molar-refractivity contribution in [1.82, 2.24) is 9.88 Å². The summed E-state index contributed by atoms with van der Waals surface area (Å²) in [5.41, 5.74) is 0.212. The summed E-state index contributed by atoms with van der Waals surface area (Å²) in [6, 6.07) is 3.30. The van der Waals surface area contributed by atoms with Gasteiger partial charge in [0.1, 0.15) is 0 Å². The lowest BCUT2D eigenvalue weighted by Crippen LogP contribution is -3.00. The molecule has 0 spiro atoms. The van der Waals surface area contributed by atoms with Crippen molar-refractivity contribution in [3.8, 4) is 5.75 Å². The predicted octanol–water partition coefficient (Wildman–Crippen LogP) is 1.70. The molecule has 0 unspecified atom stereocenters. The molecule has 9 heteroatoms. The zero-order valence-electron chi connectivity index (χ0n) is 27.9. The monoisotopic (exact) mass is 720 g/mol. The van der Waals surface area contributed by atoms with Crippen molar-refractivity contribution in [2.75, 3.05) is 60.9 Å². The van der Waals surface area contributed by atoms with Crippen molar-refractivity contribution in [3.05, 3.63) is 24.0 Å². The van der Waals surface area contributed by atoms with Gasteiger partial charge in [-0.25, -0.2) is 14.6 Å². The van der Waals surface area contributed by atoms with E-state index in [0.717, 1.165) is 19.4 Å². The Hall–Kier alpha value is -1.03.